The molecule has 8 heteroatoms. The van der Waals surface area contributed by atoms with Crippen molar-refractivity contribution in [2.45, 2.75) is 0 Å². The summed E-state index contributed by atoms with van der Waals surface area (Å²) in [4.78, 5) is 29.9. The number of piperazine rings is 1. The molecule has 20 heavy (non-hydrogen) atoms. The van der Waals surface area contributed by atoms with E-state index in [0.29, 0.717) is 36.9 Å². The van der Waals surface area contributed by atoms with Gasteiger partial charge in [-0.1, -0.05) is 23.2 Å². The van der Waals surface area contributed by atoms with E-state index in [4.69, 9.17) is 27.9 Å². The minimum Gasteiger partial charge on any atom is -0.375 e. The number of hydrogen-bond donors (Lipinski definition) is 1. The Morgan fingerprint density at radius 3 is 2.35 bits per heavy atom. The third-order valence-corrected chi connectivity index (χ3v) is 3.84. The number of nitrogens with one attached hydrogen (secondary N) is 1. The molecule has 1 aliphatic heterocycles. The minimum atomic E-state index is -0.169. The molecular formula is C12H15Cl2N3O3. The van der Waals surface area contributed by atoms with Crippen LogP contribution >= 0.6 is 23.2 Å². The van der Waals surface area contributed by atoms with Gasteiger partial charge in [0.15, 0.2) is 0 Å². The molecule has 1 saturated heterocycles. The molecule has 6 nitrogen and oxygen atoms in total. The van der Waals surface area contributed by atoms with E-state index >= 15 is 0 Å². The number of aromatic amines is 1. The van der Waals surface area contributed by atoms with Gasteiger partial charge in [0.05, 0.1) is 5.02 Å². The van der Waals surface area contributed by atoms with Crippen LogP contribution in [-0.4, -0.2) is 66.5 Å². The van der Waals surface area contributed by atoms with E-state index in [1.807, 2.05) is 0 Å². The van der Waals surface area contributed by atoms with Crippen LogP contribution in [0.1, 0.15) is 10.5 Å². The highest BCUT2D eigenvalue weighted by Crippen LogP contribution is 2.22. The molecule has 1 aromatic heterocycles. The Kier molecular flexibility index (Phi) is 4.91. The average molecular weight is 320 g/mol. The summed E-state index contributed by atoms with van der Waals surface area (Å²) in [5.74, 6) is -0.233. The molecule has 0 saturated carbocycles. The predicted molar refractivity (Wildman–Crippen MR) is 75.2 cm³/mol. The standard InChI is InChI=1S/C12H15Cl2N3O3/c1-20-7-10(18)16-2-4-17(5-3-16)12(19)9-6-8(13)11(14)15-9/h6,15H,2-5,7H2,1H3. The number of nitrogens with zero attached hydrogens (tertiary/aromatic N) is 2. The molecule has 0 aromatic carbocycles. The first-order valence-electron chi connectivity index (χ1n) is 6.13. The van der Waals surface area contributed by atoms with E-state index in [1.54, 1.807) is 9.80 Å². The lowest BCUT2D eigenvalue weighted by molar-refractivity contribution is -0.136. The zero-order valence-electron chi connectivity index (χ0n) is 11.0. The highest BCUT2D eigenvalue weighted by molar-refractivity contribution is 6.41. The number of carbonyl (C=O) groups is 2. The van der Waals surface area contributed by atoms with E-state index in [-0.39, 0.29) is 23.6 Å². The maximum atomic E-state index is 12.2. The van der Waals surface area contributed by atoms with Gasteiger partial charge in [-0.2, -0.15) is 0 Å². The van der Waals surface area contributed by atoms with Gasteiger partial charge in [0.1, 0.15) is 17.5 Å². The predicted octanol–water partition coefficient (Wildman–Crippen LogP) is 1.25. The number of rotatable bonds is 3. The smallest absolute Gasteiger partial charge is 0.270 e. The van der Waals surface area contributed by atoms with Crippen molar-refractivity contribution in [1.82, 2.24) is 14.8 Å². The van der Waals surface area contributed by atoms with Crippen molar-refractivity contribution in [3.63, 3.8) is 0 Å². The van der Waals surface area contributed by atoms with E-state index in [2.05, 4.69) is 4.98 Å². The van der Waals surface area contributed by atoms with Gasteiger partial charge >= 0.3 is 0 Å². The van der Waals surface area contributed by atoms with Crippen LogP contribution in [0.5, 0.6) is 0 Å². The molecule has 0 bridgehead atoms. The zero-order valence-corrected chi connectivity index (χ0v) is 12.5. The minimum absolute atomic E-state index is 0.0643. The average Bonchev–Trinajstić information content (AvgIpc) is 2.78. The molecule has 1 aliphatic rings. The molecule has 1 N–H and O–H groups in total. The molecule has 2 amide bonds. The van der Waals surface area contributed by atoms with Crippen LogP contribution < -0.4 is 0 Å². The lowest BCUT2D eigenvalue weighted by Crippen LogP contribution is -2.51. The van der Waals surface area contributed by atoms with E-state index in [0.717, 1.165) is 0 Å². The van der Waals surface area contributed by atoms with Crippen LogP contribution in [0.25, 0.3) is 0 Å². The van der Waals surface area contributed by atoms with E-state index in [1.165, 1.54) is 13.2 Å². The van der Waals surface area contributed by atoms with Gasteiger partial charge < -0.3 is 19.5 Å². The Hall–Kier alpha value is -1.24. The summed E-state index contributed by atoms with van der Waals surface area (Å²) >= 11 is 11.6. The SMILES string of the molecule is COCC(=O)N1CCN(C(=O)c2cc(Cl)c(Cl)[nH]2)CC1. The fraction of sp³-hybridized carbons (Fsp3) is 0.500. The summed E-state index contributed by atoms with van der Waals surface area (Å²) in [7, 11) is 1.48. The summed E-state index contributed by atoms with van der Waals surface area (Å²) in [6.45, 7) is 2.01. The highest BCUT2D eigenvalue weighted by atomic mass is 35.5. The second-order valence-corrected chi connectivity index (χ2v) is 5.24. The molecule has 0 radical (unpaired) electrons. The summed E-state index contributed by atoms with van der Waals surface area (Å²) in [6, 6.07) is 1.51. The molecule has 2 heterocycles. The molecule has 110 valence electrons. The Morgan fingerprint density at radius 2 is 1.85 bits per heavy atom. The molecule has 0 unspecified atom stereocenters. The fourth-order valence-corrected chi connectivity index (χ4v) is 2.38. The fourth-order valence-electron chi connectivity index (χ4n) is 2.06. The second-order valence-electron chi connectivity index (χ2n) is 4.45. The Balaban J connectivity index is 1.93. The first-order valence-corrected chi connectivity index (χ1v) is 6.88. The summed E-state index contributed by atoms with van der Waals surface area (Å²) in [5.41, 5.74) is 0.358. The van der Waals surface area contributed by atoms with Gasteiger partial charge in [0.25, 0.3) is 5.91 Å². The van der Waals surface area contributed by atoms with Crippen molar-refractivity contribution in [1.29, 1.82) is 0 Å². The Bertz CT molecular complexity index is 491. The van der Waals surface area contributed by atoms with Crippen LogP contribution in [0.4, 0.5) is 0 Å². The number of methoxy groups -OCH3 is 1. The van der Waals surface area contributed by atoms with Gasteiger partial charge in [0.2, 0.25) is 5.91 Å². The number of carbonyl (C=O) groups excluding carboxylic acids is 2. The first kappa shape index (κ1) is 15.2. The van der Waals surface area contributed by atoms with Gasteiger partial charge in [-0.25, -0.2) is 0 Å². The molecule has 0 atom stereocenters. The number of halogens is 2. The highest BCUT2D eigenvalue weighted by Gasteiger charge is 2.25. The lowest BCUT2D eigenvalue weighted by atomic mass is 10.2. The van der Waals surface area contributed by atoms with Crippen molar-refractivity contribution < 1.29 is 14.3 Å². The Labute approximate surface area is 126 Å². The molecule has 0 spiro atoms. The van der Waals surface area contributed by atoms with Crippen LogP contribution in [0, 0.1) is 0 Å². The first-order chi connectivity index (χ1) is 9.52. The van der Waals surface area contributed by atoms with Crippen LogP contribution in [0.3, 0.4) is 0 Å². The third-order valence-electron chi connectivity index (χ3n) is 3.14. The topological polar surface area (TPSA) is 65.6 Å². The van der Waals surface area contributed by atoms with Crippen molar-refractivity contribution in [3.05, 3.63) is 21.9 Å². The van der Waals surface area contributed by atoms with Crippen LogP contribution in [0.2, 0.25) is 10.2 Å². The number of hydrogen-bond acceptors (Lipinski definition) is 3. The number of H-pyrrole nitrogens is 1. The Morgan fingerprint density at radius 1 is 1.25 bits per heavy atom. The summed E-state index contributed by atoms with van der Waals surface area (Å²) in [5, 5.41) is 0.577. The number of aromatic nitrogens is 1. The normalized spacial score (nSPS) is 15.6. The van der Waals surface area contributed by atoms with Crippen molar-refractivity contribution in [2.75, 3.05) is 39.9 Å². The molecular weight excluding hydrogens is 305 g/mol. The van der Waals surface area contributed by atoms with E-state index in [9.17, 15) is 9.59 Å². The maximum Gasteiger partial charge on any atom is 0.270 e. The van der Waals surface area contributed by atoms with Gasteiger partial charge in [0, 0.05) is 33.3 Å². The van der Waals surface area contributed by atoms with Crippen molar-refractivity contribution in [3.8, 4) is 0 Å². The zero-order chi connectivity index (χ0) is 14.7. The van der Waals surface area contributed by atoms with E-state index < -0.39 is 0 Å². The third kappa shape index (κ3) is 3.26. The molecule has 1 fully saturated rings. The molecule has 0 aliphatic carbocycles. The summed E-state index contributed by atoms with van der Waals surface area (Å²) in [6.07, 6.45) is 0. The summed E-state index contributed by atoms with van der Waals surface area (Å²) < 4.78 is 4.81. The van der Waals surface area contributed by atoms with Crippen LogP contribution in [-0.2, 0) is 9.53 Å². The van der Waals surface area contributed by atoms with Gasteiger partial charge in [-0.3, -0.25) is 9.59 Å². The monoisotopic (exact) mass is 319 g/mol. The van der Waals surface area contributed by atoms with Gasteiger partial charge in [-0.15, -0.1) is 0 Å². The molecule has 2 rings (SSSR count). The number of ether oxygens (including phenoxy) is 1. The lowest BCUT2D eigenvalue weighted by Gasteiger charge is -2.34. The second kappa shape index (κ2) is 6.47. The van der Waals surface area contributed by atoms with Gasteiger partial charge in [-0.05, 0) is 6.07 Å². The molecule has 1 aromatic rings. The van der Waals surface area contributed by atoms with Crippen LogP contribution in [0.15, 0.2) is 6.07 Å². The largest absolute Gasteiger partial charge is 0.375 e. The quantitative estimate of drug-likeness (QED) is 0.912. The van der Waals surface area contributed by atoms with Crippen molar-refractivity contribution in [2.24, 2.45) is 0 Å². The van der Waals surface area contributed by atoms with Crippen molar-refractivity contribution >= 4 is 35.0 Å². The number of amides is 2. The maximum absolute atomic E-state index is 12.2.